The van der Waals surface area contributed by atoms with Crippen LogP contribution in [0.5, 0.6) is 11.5 Å². The van der Waals surface area contributed by atoms with Gasteiger partial charge in [0.15, 0.2) is 21.9 Å². The van der Waals surface area contributed by atoms with Crippen molar-refractivity contribution in [2.45, 2.75) is 0 Å². The molecule has 2 aromatic carbocycles. The predicted molar refractivity (Wildman–Crippen MR) is 178 cm³/mol. The summed E-state index contributed by atoms with van der Waals surface area (Å²) >= 11 is 11.2. The number of aromatic nitrogens is 4. The van der Waals surface area contributed by atoms with Crippen molar-refractivity contribution < 1.29 is 120 Å². The van der Waals surface area contributed by atoms with Crippen molar-refractivity contribution in [3.8, 4) is 11.5 Å². The average Bonchev–Trinajstić information content (AvgIpc) is 3.02. The summed E-state index contributed by atoms with van der Waals surface area (Å²) in [4.78, 5) is 21.8. The molecule has 6 N–H and O–H groups in total. The van der Waals surface area contributed by atoms with Gasteiger partial charge in [0, 0.05) is 90.4 Å². The summed E-state index contributed by atoms with van der Waals surface area (Å²) in [6.07, 6.45) is 4.36. The smallest absolute Gasteiger partial charge is 0.209 e. The number of hydrazone groups is 2. The van der Waals surface area contributed by atoms with Crippen LogP contribution in [0, 0.1) is 62.2 Å². The van der Waals surface area contributed by atoms with Crippen molar-refractivity contribution in [2.24, 2.45) is 10.2 Å². The Bertz CT molecular complexity index is 1380. The maximum absolute atomic E-state index is 11.3. The molecule has 0 aliphatic rings. The van der Waals surface area contributed by atoms with Crippen LogP contribution in [0.1, 0.15) is 11.1 Å². The molecule has 0 fully saturated rings. The number of anilines is 2. The average molecular weight is 1230 g/mol. The van der Waals surface area contributed by atoms with E-state index in [0.717, 1.165) is 12.8 Å². The molecule has 0 saturated heterocycles. The fraction of sp³-hybridized carbons (Fsp3) is 0.143. The van der Waals surface area contributed by atoms with Crippen molar-refractivity contribution >= 4 is 60.1 Å². The Hall–Kier alpha value is -3.52. The topological polar surface area (TPSA) is 393 Å². The van der Waals surface area contributed by atoms with E-state index in [0.29, 0.717) is 33.1 Å². The third kappa shape index (κ3) is 35.3. The number of para-hydroxylation sites is 2. The van der Waals surface area contributed by atoms with Gasteiger partial charge in [-0.2, -0.15) is 10.2 Å². The zero-order valence-corrected chi connectivity index (χ0v) is 38.1. The number of benzene rings is 2. The van der Waals surface area contributed by atoms with E-state index in [1.165, 1.54) is 34.4 Å². The molecule has 0 atom stereocenters. The van der Waals surface area contributed by atoms with Crippen molar-refractivity contribution in [1.82, 2.24) is 30.2 Å². The van der Waals surface area contributed by atoms with Crippen LogP contribution < -0.4 is 21.1 Å². The molecule has 25 heteroatoms. The first-order valence-corrected chi connectivity index (χ1v) is 13.1. The Labute approximate surface area is 362 Å². The number of hydrogen-bond donors (Lipinski definition) is 2. The first kappa shape index (κ1) is 71.0. The van der Waals surface area contributed by atoms with Gasteiger partial charge in [-0.05, 0) is 35.4 Å². The van der Waals surface area contributed by atoms with Crippen molar-refractivity contribution in [2.75, 3.05) is 39.0 Å². The van der Waals surface area contributed by atoms with Gasteiger partial charge in [-0.25, -0.2) is 0 Å². The Morgan fingerprint density at radius 2 is 0.868 bits per heavy atom. The Morgan fingerprint density at radius 1 is 0.585 bits per heavy atom. The Balaban J connectivity index is -0.0000000733. The van der Waals surface area contributed by atoms with Gasteiger partial charge in [0.1, 0.15) is 0 Å². The van der Waals surface area contributed by atoms with E-state index in [-0.39, 0.29) is 112 Å². The van der Waals surface area contributed by atoms with E-state index < -0.39 is 0 Å². The second-order valence-electron chi connectivity index (χ2n) is 8.44. The van der Waals surface area contributed by atoms with Crippen LogP contribution in [0.25, 0.3) is 0 Å². The number of halogens is 2. The summed E-state index contributed by atoms with van der Waals surface area (Å²) in [6, 6.07) is 19.7. The minimum Gasteiger partial charge on any atom is -2.00 e. The zero-order valence-electron chi connectivity index (χ0n) is 28.2. The summed E-state index contributed by atoms with van der Waals surface area (Å²) in [7, 11) is 6.75. The van der Waals surface area contributed by atoms with Crippen molar-refractivity contribution in [1.29, 1.82) is 0 Å². The number of carbonyl (C=O) groups is 2. The first-order chi connectivity index (χ1) is 21.0. The molecule has 2 heterocycles. The van der Waals surface area contributed by atoms with Gasteiger partial charge in [-0.15, -0.1) is 20.4 Å². The summed E-state index contributed by atoms with van der Waals surface area (Å²) < 4.78 is 0. The van der Waals surface area contributed by atoms with Crippen molar-refractivity contribution in [3.05, 3.63) is 94.2 Å². The summed E-state index contributed by atoms with van der Waals surface area (Å²) in [5, 5.41) is 45.8. The molecule has 0 saturated carbocycles. The quantitative estimate of drug-likeness (QED) is 0.142. The van der Waals surface area contributed by atoms with E-state index in [2.05, 4.69) is 41.4 Å². The second-order valence-corrected chi connectivity index (χ2v) is 9.21. The van der Waals surface area contributed by atoms with Crippen LogP contribution in [0.4, 0.5) is 11.6 Å². The minimum atomic E-state index is -0.0831. The predicted octanol–water partition coefficient (Wildman–Crippen LogP) is 1.05. The van der Waals surface area contributed by atoms with E-state index >= 15 is 0 Å². The van der Waals surface area contributed by atoms with E-state index in [1.807, 2.05) is 0 Å². The fourth-order valence-electron chi connectivity index (χ4n) is 2.26. The normalized spacial score (nSPS) is 8.11. The second kappa shape index (κ2) is 42.9. The van der Waals surface area contributed by atoms with Gasteiger partial charge in [0.05, 0.1) is 12.4 Å². The Morgan fingerprint density at radius 3 is 1.09 bits per heavy atom. The molecule has 4 rings (SSSR count). The molecule has 21 nitrogen and oxygen atoms in total. The number of carbonyl (C=O) groups excluding carboxylic acids is 2. The van der Waals surface area contributed by atoms with Crippen LogP contribution >= 0.6 is 23.2 Å². The van der Waals surface area contributed by atoms with Crippen LogP contribution in [0.2, 0.25) is 10.3 Å². The molecule has 0 spiro atoms. The van der Waals surface area contributed by atoms with Crippen molar-refractivity contribution in [3.63, 3.8) is 0 Å². The maximum Gasteiger partial charge on any atom is 0.209 e. The largest absolute Gasteiger partial charge is 2.00 e. The molecule has 0 radical (unpaired) electrons. The van der Waals surface area contributed by atoms with Crippen LogP contribution in [0.15, 0.2) is 83.0 Å². The van der Waals surface area contributed by atoms with Gasteiger partial charge < -0.3 is 58.3 Å². The molecule has 2 aromatic heterocycles. The van der Waals surface area contributed by atoms with E-state index in [1.54, 1.807) is 88.9 Å². The number of amides is 2. The van der Waals surface area contributed by atoms with Crippen LogP contribution in [-0.4, -0.2) is 100 Å². The molecule has 0 aliphatic carbocycles. The molecule has 0 unspecified atom stereocenters. The van der Waals surface area contributed by atoms with Gasteiger partial charge in [-0.3, -0.25) is 20.4 Å². The van der Waals surface area contributed by atoms with E-state index in [4.69, 9.17) is 23.2 Å². The molecule has 0 aliphatic heterocycles. The Kier molecular flexibility index (Phi) is 57.4. The standard InChI is InChI=1S/2C11H9ClN4O.2C3H7NO.3H2O.4O.2U/c2*12-10-5-6-11(16-14-10)15-13-7-8-3-1-2-4-9(8)17;2*1-4(2)3-5;;;;;;;;;/h2*1-7,17H,(H,15,16);2*3H,1-2H3;3*1H2;;;;;;/q;;;;;;;4*-2;;/p-4/b2*13-7+;;;;;;;;;;;. The van der Waals surface area contributed by atoms with E-state index in [9.17, 15) is 19.8 Å². The monoisotopic (exact) mass is 1230 g/mol. The third-order valence-electron chi connectivity index (χ3n) is 4.29. The number of nitrogens with zero attached hydrogens (tertiary/aromatic N) is 8. The molecule has 53 heavy (non-hydrogen) atoms. The SMILES string of the molecule is CN(C)C=O.CN(C)C=O.O.[O-2].[O-2].[O-2].[O-2].[O-]c1ccccc1/C=N/Nc1ccc(Cl)nn1.[O-]c1ccccc1/C=N/Nc1ccc(Cl)nn1.[OH-].[OH-].[U].[U]. The summed E-state index contributed by atoms with van der Waals surface area (Å²) in [6.45, 7) is 0. The van der Waals surface area contributed by atoms with Gasteiger partial charge in [0.25, 0.3) is 0 Å². The molecular formula is C28H34Cl2N10O11U2-12. The third-order valence-corrected chi connectivity index (χ3v) is 4.69. The molecule has 0 bridgehead atoms. The summed E-state index contributed by atoms with van der Waals surface area (Å²) in [5.74, 6) is 0.739. The van der Waals surface area contributed by atoms with Gasteiger partial charge in [0.2, 0.25) is 12.8 Å². The molecule has 2 amide bonds. The minimum absolute atomic E-state index is 0. The maximum atomic E-state index is 11.3. The molecule has 4 aromatic rings. The summed E-state index contributed by atoms with van der Waals surface area (Å²) in [5.41, 5.74) is 6.30. The van der Waals surface area contributed by atoms with Crippen LogP contribution in [0.3, 0.4) is 0 Å². The molecule has 296 valence electrons. The number of rotatable bonds is 8. The number of nitrogens with one attached hydrogen (secondary N) is 2. The first-order valence-electron chi connectivity index (χ1n) is 12.4. The van der Waals surface area contributed by atoms with Gasteiger partial charge >= 0.3 is 0 Å². The fourth-order valence-corrected chi connectivity index (χ4v) is 2.46. The molecular weight excluding hydrogens is 1200 g/mol. The van der Waals surface area contributed by atoms with Gasteiger partial charge in [-0.1, -0.05) is 83.2 Å². The van der Waals surface area contributed by atoms with Crippen LogP contribution in [-0.2, 0) is 31.5 Å². The zero-order chi connectivity index (χ0) is 32.7. The number of hydrogen-bond acceptors (Lipinski definition) is 14.